The van der Waals surface area contributed by atoms with Gasteiger partial charge >= 0.3 is 5.97 Å². The number of nitrogens with one attached hydrogen (secondary N) is 1. The van der Waals surface area contributed by atoms with E-state index in [-0.39, 0.29) is 6.54 Å². The van der Waals surface area contributed by atoms with Gasteiger partial charge in [-0.3, -0.25) is 4.79 Å². The Kier molecular flexibility index (Phi) is 4.13. The molecule has 1 unspecified atom stereocenters. The molecule has 1 heterocycles. The molecule has 0 fully saturated rings. The number of rotatable bonds is 6. The van der Waals surface area contributed by atoms with Crippen LogP contribution >= 0.6 is 0 Å². The Morgan fingerprint density at radius 3 is 3.11 bits per heavy atom. The fourth-order valence-electron chi connectivity index (χ4n) is 1.91. The molecule has 0 radical (unpaired) electrons. The smallest absolute Gasteiger partial charge is 0.321 e. The summed E-state index contributed by atoms with van der Waals surface area (Å²) in [6.07, 6.45) is 2.61. The number of hydrogen-bond donors (Lipinski definition) is 3. The van der Waals surface area contributed by atoms with E-state index >= 15 is 0 Å². The van der Waals surface area contributed by atoms with Crippen molar-refractivity contribution in [3.63, 3.8) is 0 Å². The van der Waals surface area contributed by atoms with E-state index in [1.165, 1.54) is 5.56 Å². The molecule has 19 heavy (non-hydrogen) atoms. The minimum Gasteiger partial charge on any atom is -0.480 e. The number of nitrogens with two attached hydrogens (primary N) is 1. The van der Waals surface area contributed by atoms with Crippen LogP contribution in [0.4, 0.5) is 0 Å². The van der Waals surface area contributed by atoms with Crippen molar-refractivity contribution in [1.29, 1.82) is 0 Å². The topological polar surface area (TPSA) is 93.2 Å². The van der Waals surface area contributed by atoms with Crippen molar-refractivity contribution >= 4 is 17.0 Å². The second-order valence-corrected chi connectivity index (χ2v) is 4.58. The van der Waals surface area contributed by atoms with Crippen molar-refractivity contribution in [2.75, 3.05) is 13.1 Å². The van der Waals surface area contributed by atoms with E-state index in [9.17, 15) is 4.79 Å². The van der Waals surface area contributed by atoms with Crippen molar-refractivity contribution in [2.24, 2.45) is 12.8 Å². The Balaban J connectivity index is 1.86. The number of aromatic nitrogens is 2. The van der Waals surface area contributed by atoms with Gasteiger partial charge in [0.05, 0.1) is 17.4 Å². The van der Waals surface area contributed by atoms with Gasteiger partial charge in [0.25, 0.3) is 0 Å². The van der Waals surface area contributed by atoms with Gasteiger partial charge in [-0.05, 0) is 30.7 Å². The maximum absolute atomic E-state index is 10.5. The summed E-state index contributed by atoms with van der Waals surface area (Å²) in [6.45, 7) is 0.973. The minimum absolute atomic E-state index is 0.279. The zero-order chi connectivity index (χ0) is 13.8. The van der Waals surface area contributed by atoms with Crippen LogP contribution in [0, 0.1) is 0 Å². The lowest BCUT2D eigenvalue weighted by Gasteiger charge is -2.08. The number of nitrogens with zero attached hydrogens (tertiary/aromatic N) is 2. The van der Waals surface area contributed by atoms with Crippen molar-refractivity contribution in [2.45, 2.75) is 12.5 Å². The molecule has 0 saturated carbocycles. The van der Waals surface area contributed by atoms with Crippen LogP contribution in [0.25, 0.3) is 11.0 Å². The Labute approximate surface area is 111 Å². The van der Waals surface area contributed by atoms with E-state index in [2.05, 4.69) is 16.4 Å². The van der Waals surface area contributed by atoms with Crippen LogP contribution in [-0.4, -0.2) is 39.8 Å². The fraction of sp³-hybridized carbons (Fsp3) is 0.385. The summed E-state index contributed by atoms with van der Waals surface area (Å²) in [6, 6.07) is 5.30. The number of aliphatic carboxylic acids is 1. The van der Waals surface area contributed by atoms with E-state index in [1.807, 2.05) is 23.7 Å². The maximum Gasteiger partial charge on any atom is 0.321 e. The first-order valence-corrected chi connectivity index (χ1v) is 6.17. The Bertz CT molecular complexity index is 579. The summed E-state index contributed by atoms with van der Waals surface area (Å²) in [5.41, 5.74) is 8.64. The van der Waals surface area contributed by atoms with Crippen LogP contribution in [-0.2, 0) is 18.3 Å². The highest BCUT2D eigenvalue weighted by molar-refractivity contribution is 5.76. The molecule has 0 aliphatic rings. The number of aryl methyl sites for hydroxylation is 1. The number of carbonyl (C=O) groups is 1. The molecule has 0 spiro atoms. The summed E-state index contributed by atoms with van der Waals surface area (Å²) in [4.78, 5) is 14.8. The molecule has 0 bridgehead atoms. The van der Waals surface area contributed by atoms with E-state index in [0.717, 1.165) is 17.5 Å². The highest BCUT2D eigenvalue weighted by Crippen LogP contribution is 2.13. The third kappa shape index (κ3) is 3.30. The number of fused-ring (bicyclic) bond motifs is 1. The van der Waals surface area contributed by atoms with Crippen molar-refractivity contribution in [3.05, 3.63) is 30.1 Å². The van der Waals surface area contributed by atoms with Crippen LogP contribution in [0.3, 0.4) is 0 Å². The number of benzene rings is 1. The summed E-state index contributed by atoms with van der Waals surface area (Å²) in [5.74, 6) is -0.984. The average molecular weight is 262 g/mol. The molecule has 4 N–H and O–H groups in total. The third-order valence-corrected chi connectivity index (χ3v) is 3.06. The number of carboxylic acid groups (broad SMARTS) is 1. The predicted octanol–water partition coefficient (Wildman–Crippen LogP) is 0.117. The predicted molar refractivity (Wildman–Crippen MR) is 72.9 cm³/mol. The SMILES string of the molecule is Cn1cnc2cc(CCNCC(N)C(=O)O)ccc21. The van der Waals surface area contributed by atoms with Gasteiger partial charge in [-0.2, -0.15) is 0 Å². The average Bonchev–Trinajstić information content (AvgIpc) is 2.75. The van der Waals surface area contributed by atoms with E-state index in [1.54, 1.807) is 6.33 Å². The molecule has 2 aromatic rings. The van der Waals surface area contributed by atoms with Gasteiger partial charge in [-0.25, -0.2) is 4.98 Å². The molecular formula is C13H18N4O2. The lowest BCUT2D eigenvalue weighted by molar-refractivity contribution is -0.138. The van der Waals surface area contributed by atoms with Gasteiger partial charge in [0.2, 0.25) is 0 Å². The second-order valence-electron chi connectivity index (χ2n) is 4.58. The highest BCUT2D eigenvalue weighted by Gasteiger charge is 2.09. The zero-order valence-electron chi connectivity index (χ0n) is 10.8. The molecule has 1 atom stereocenters. The largest absolute Gasteiger partial charge is 0.480 e. The molecule has 0 saturated heterocycles. The molecular weight excluding hydrogens is 244 g/mol. The maximum atomic E-state index is 10.5. The van der Waals surface area contributed by atoms with Gasteiger partial charge in [0.1, 0.15) is 6.04 Å². The molecule has 6 heteroatoms. The number of imidazole rings is 1. The summed E-state index contributed by atoms with van der Waals surface area (Å²) in [5, 5.41) is 11.7. The highest BCUT2D eigenvalue weighted by atomic mass is 16.4. The minimum atomic E-state index is -0.984. The Hall–Kier alpha value is -1.92. The molecule has 6 nitrogen and oxygen atoms in total. The van der Waals surface area contributed by atoms with Crippen molar-refractivity contribution in [3.8, 4) is 0 Å². The molecule has 2 rings (SSSR count). The standard InChI is InChI=1S/C13H18N4O2/c1-17-8-16-11-6-9(2-3-12(11)17)4-5-15-7-10(14)13(18)19/h2-3,6,8,10,15H,4-5,7,14H2,1H3,(H,18,19). The molecule has 0 amide bonds. The quantitative estimate of drug-likeness (QED) is 0.643. The Morgan fingerprint density at radius 1 is 1.58 bits per heavy atom. The molecule has 1 aromatic carbocycles. The van der Waals surface area contributed by atoms with Gasteiger partial charge in [-0.1, -0.05) is 6.07 Å². The van der Waals surface area contributed by atoms with Gasteiger partial charge in [0.15, 0.2) is 0 Å². The van der Waals surface area contributed by atoms with Crippen LogP contribution in [0.5, 0.6) is 0 Å². The number of carboxylic acids is 1. The zero-order valence-corrected chi connectivity index (χ0v) is 10.8. The van der Waals surface area contributed by atoms with Crippen molar-refractivity contribution < 1.29 is 9.90 Å². The first kappa shape index (κ1) is 13.5. The van der Waals surface area contributed by atoms with Gasteiger partial charge < -0.3 is 20.7 Å². The Morgan fingerprint density at radius 2 is 2.37 bits per heavy atom. The molecule has 0 aliphatic carbocycles. The lowest BCUT2D eigenvalue weighted by Crippen LogP contribution is -2.40. The van der Waals surface area contributed by atoms with Crippen LogP contribution in [0.1, 0.15) is 5.56 Å². The first-order chi connectivity index (χ1) is 9.08. The van der Waals surface area contributed by atoms with Crippen LogP contribution in [0.2, 0.25) is 0 Å². The first-order valence-electron chi connectivity index (χ1n) is 6.17. The van der Waals surface area contributed by atoms with E-state index in [4.69, 9.17) is 10.8 Å². The number of hydrogen-bond acceptors (Lipinski definition) is 4. The van der Waals surface area contributed by atoms with Crippen LogP contribution < -0.4 is 11.1 Å². The van der Waals surface area contributed by atoms with Gasteiger partial charge in [0, 0.05) is 13.6 Å². The van der Waals surface area contributed by atoms with E-state index in [0.29, 0.717) is 6.54 Å². The summed E-state index contributed by atoms with van der Waals surface area (Å²) < 4.78 is 1.98. The van der Waals surface area contributed by atoms with Gasteiger partial charge in [-0.15, -0.1) is 0 Å². The second kappa shape index (κ2) is 5.81. The monoisotopic (exact) mass is 262 g/mol. The lowest BCUT2D eigenvalue weighted by atomic mass is 10.1. The summed E-state index contributed by atoms with van der Waals surface area (Å²) in [7, 11) is 1.96. The third-order valence-electron chi connectivity index (χ3n) is 3.06. The fourth-order valence-corrected chi connectivity index (χ4v) is 1.91. The molecule has 1 aromatic heterocycles. The summed E-state index contributed by atoms with van der Waals surface area (Å²) >= 11 is 0. The molecule has 102 valence electrons. The molecule has 0 aliphatic heterocycles. The van der Waals surface area contributed by atoms with E-state index < -0.39 is 12.0 Å². The van der Waals surface area contributed by atoms with Crippen LogP contribution in [0.15, 0.2) is 24.5 Å². The normalized spacial score (nSPS) is 12.7. The van der Waals surface area contributed by atoms with Crippen molar-refractivity contribution in [1.82, 2.24) is 14.9 Å².